The number of anilines is 1. The Bertz CT molecular complexity index is 804. The number of benzene rings is 1. The van der Waals surface area contributed by atoms with Gasteiger partial charge in [-0.25, -0.2) is 0 Å². The maximum absolute atomic E-state index is 11.3. The number of ether oxygens (including phenoxy) is 2. The molecule has 0 N–H and O–H groups in total. The lowest BCUT2D eigenvalue weighted by atomic mass is 10.0. The number of rotatable bonds is 3. The summed E-state index contributed by atoms with van der Waals surface area (Å²) in [5.41, 5.74) is 1.08. The Morgan fingerprint density at radius 1 is 1.24 bits per heavy atom. The molecule has 8 heteroatoms. The van der Waals surface area contributed by atoms with Crippen molar-refractivity contribution in [1.29, 1.82) is 0 Å². The van der Waals surface area contributed by atoms with Gasteiger partial charge in [0.15, 0.2) is 11.5 Å². The van der Waals surface area contributed by atoms with Gasteiger partial charge in [-0.3, -0.25) is 4.57 Å². The van der Waals surface area contributed by atoms with Crippen LogP contribution in [0.4, 0.5) is 11.6 Å². The molecule has 1 unspecified atom stereocenters. The lowest BCUT2D eigenvalue weighted by molar-refractivity contribution is -0.388. The first kappa shape index (κ1) is 15.7. The minimum atomic E-state index is -0.418. The van der Waals surface area contributed by atoms with Crippen LogP contribution in [-0.4, -0.2) is 34.2 Å². The summed E-state index contributed by atoms with van der Waals surface area (Å²) < 4.78 is 13.2. The van der Waals surface area contributed by atoms with Crippen LogP contribution in [0.2, 0.25) is 0 Å². The molecule has 0 aliphatic carbocycles. The second kappa shape index (κ2) is 6.27. The zero-order valence-electron chi connectivity index (χ0n) is 14.1. The fourth-order valence-electron chi connectivity index (χ4n) is 3.63. The molecule has 3 heterocycles. The average molecular weight is 344 g/mol. The maximum atomic E-state index is 11.3. The van der Waals surface area contributed by atoms with Crippen molar-refractivity contribution < 1.29 is 14.4 Å². The zero-order valence-corrected chi connectivity index (χ0v) is 14.1. The van der Waals surface area contributed by atoms with E-state index in [1.165, 1.54) is 6.33 Å². The summed E-state index contributed by atoms with van der Waals surface area (Å²) in [5.74, 6) is 1.97. The lowest BCUT2D eigenvalue weighted by Gasteiger charge is -2.26. The second-order valence-corrected chi connectivity index (χ2v) is 6.37. The van der Waals surface area contributed by atoms with Crippen LogP contribution in [-0.2, 0) is 7.05 Å². The van der Waals surface area contributed by atoms with E-state index in [-0.39, 0.29) is 11.9 Å². The van der Waals surface area contributed by atoms with Crippen molar-refractivity contribution in [3.63, 3.8) is 0 Å². The molecular weight excluding hydrogens is 324 g/mol. The lowest BCUT2D eigenvalue weighted by Crippen LogP contribution is -2.25. The van der Waals surface area contributed by atoms with Gasteiger partial charge in [0.25, 0.3) is 0 Å². The SMILES string of the molecule is Cn1cnc([N+](=O)[O-])c1N1CCCC1c1ccc2c(c1)OCCCO2. The maximum Gasteiger partial charge on any atom is 0.406 e. The molecule has 1 saturated heterocycles. The van der Waals surface area contributed by atoms with Crippen molar-refractivity contribution in [2.75, 3.05) is 24.7 Å². The Balaban J connectivity index is 1.70. The molecule has 8 nitrogen and oxygen atoms in total. The third kappa shape index (κ3) is 2.77. The molecule has 1 aromatic carbocycles. The highest BCUT2D eigenvalue weighted by Gasteiger charge is 2.34. The van der Waals surface area contributed by atoms with Crippen molar-refractivity contribution in [2.45, 2.75) is 25.3 Å². The highest BCUT2D eigenvalue weighted by Crippen LogP contribution is 2.42. The van der Waals surface area contributed by atoms with Gasteiger partial charge in [0.2, 0.25) is 12.1 Å². The van der Waals surface area contributed by atoms with Crippen LogP contribution in [0.15, 0.2) is 24.5 Å². The number of imidazole rings is 1. The zero-order chi connectivity index (χ0) is 17.4. The molecule has 0 saturated carbocycles. The molecule has 0 amide bonds. The summed E-state index contributed by atoms with van der Waals surface area (Å²) >= 11 is 0. The molecule has 2 aliphatic heterocycles. The summed E-state index contributed by atoms with van der Waals surface area (Å²) in [7, 11) is 1.79. The number of aryl methyl sites for hydroxylation is 1. The monoisotopic (exact) mass is 344 g/mol. The normalized spacial score (nSPS) is 19.7. The first-order valence-corrected chi connectivity index (χ1v) is 8.47. The molecule has 2 aliphatic rings. The third-order valence-corrected chi connectivity index (χ3v) is 4.74. The van der Waals surface area contributed by atoms with E-state index in [1.807, 2.05) is 18.2 Å². The number of aromatic nitrogens is 2. The first-order valence-electron chi connectivity index (χ1n) is 8.47. The van der Waals surface area contributed by atoms with Gasteiger partial charge in [0, 0.05) is 20.0 Å². The molecule has 0 spiro atoms. The summed E-state index contributed by atoms with van der Waals surface area (Å²) in [6.45, 7) is 2.06. The molecule has 2 aromatic rings. The molecule has 4 rings (SSSR count). The van der Waals surface area contributed by atoms with E-state index in [9.17, 15) is 10.1 Å². The molecule has 0 bridgehead atoms. The summed E-state index contributed by atoms with van der Waals surface area (Å²) in [6.07, 6.45) is 4.26. The second-order valence-electron chi connectivity index (χ2n) is 6.37. The van der Waals surface area contributed by atoms with Gasteiger partial charge < -0.3 is 24.5 Å². The van der Waals surface area contributed by atoms with Gasteiger partial charge in [-0.05, 0) is 40.4 Å². The van der Waals surface area contributed by atoms with E-state index < -0.39 is 4.92 Å². The molecule has 1 atom stereocenters. The van der Waals surface area contributed by atoms with Crippen LogP contribution in [0.25, 0.3) is 0 Å². The van der Waals surface area contributed by atoms with Gasteiger partial charge in [0.05, 0.1) is 19.3 Å². The number of fused-ring (bicyclic) bond motifs is 1. The number of hydrogen-bond donors (Lipinski definition) is 0. The van der Waals surface area contributed by atoms with Gasteiger partial charge in [-0.2, -0.15) is 0 Å². The molecule has 132 valence electrons. The van der Waals surface area contributed by atoms with E-state index in [0.717, 1.165) is 42.9 Å². The predicted octanol–water partition coefficient (Wildman–Crippen LogP) is 2.83. The van der Waals surface area contributed by atoms with Crippen LogP contribution in [0, 0.1) is 10.1 Å². The number of nitro groups is 1. The Labute approximate surface area is 145 Å². The molecule has 25 heavy (non-hydrogen) atoms. The quantitative estimate of drug-likeness (QED) is 0.629. The average Bonchev–Trinajstić information content (AvgIpc) is 3.14. The van der Waals surface area contributed by atoms with Crippen molar-refractivity contribution in [1.82, 2.24) is 9.55 Å². The molecule has 1 fully saturated rings. The number of hydrogen-bond acceptors (Lipinski definition) is 6. The third-order valence-electron chi connectivity index (χ3n) is 4.74. The van der Waals surface area contributed by atoms with E-state index in [1.54, 1.807) is 11.6 Å². The predicted molar refractivity (Wildman–Crippen MR) is 91.2 cm³/mol. The summed E-state index contributed by atoms with van der Waals surface area (Å²) in [5, 5.41) is 11.3. The van der Waals surface area contributed by atoms with Gasteiger partial charge in [0.1, 0.15) is 0 Å². The highest BCUT2D eigenvalue weighted by molar-refractivity contribution is 5.58. The van der Waals surface area contributed by atoms with Crippen LogP contribution in [0.5, 0.6) is 11.5 Å². The Kier molecular flexibility index (Phi) is 3.95. The van der Waals surface area contributed by atoms with Crippen molar-refractivity contribution >= 4 is 11.6 Å². The largest absolute Gasteiger partial charge is 0.490 e. The minimum absolute atomic E-state index is 0.0613. The molecular formula is C17H20N4O4. The number of nitrogens with zero attached hydrogens (tertiary/aromatic N) is 4. The summed E-state index contributed by atoms with van der Waals surface area (Å²) in [4.78, 5) is 16.9. The van der Waals surface area contributed by atoms with E-state index in [0.29, 0.717) is 19.0 Å². The van der Waals surface area contributed by atoms with E-state index in [4.69, 9.17) is 9.47 Å². The van der Waals surface area contributed by atoms with Crippen LogP contribution < -0.4 is 14.4 Å². The first-order chi connectivity index (χ1) is 12.1. The van der Waals surface area contributed by atoms with Gasteiger partial charge in [-0.15, -0.1) is 0 Å². The summed E-state index contributed by atoms with van der Waals surface area (Å²) in [6, 6.07) is 6.03. The Hall–Kier alpha value is -2.77. The van der Waals surface area contributed by atoms with Crippen molar-refractivity contribution in [3.8, 4) is 11.5 Å². The smallest absolute Gasteiger partial charge is 0.406 e. The van der Waals surface area contributed by atoms with Gasteiger partial charge in [-0.1, -0.05) is 6.07 Å². The Morgan fingerprint density at radius 2 is 2.04 bits per heavy atom. The standard InChI is InChI=1S/C17H20N4O4/c1-19-11-18-16(21(22)23)17(19)20-7-2-4-13(20)12-5-6-14-15(10-12)25-9-3-8-24-14/h5-6,10-11,13H,2-4,7-9H2,1H3. The van der Waals surface area contributed by atoms with Crippen molar-refractivity contribution in [3.05, 3.63) is 40.2 Å². The fourth-order valence-corrected chi connectivity index (χ4v) is 3.63. The Morgan fingerprint density at radius 3 is 2.84 bits per heavy atom. The van der Waals surface area contributed by atoms with E-state index >= 15 is 0 Å². The topological polar surface area (TPSA) is 82.7 Å². The minimum Gasteiger partial charge on any atom is -0.490 e. The van der Waals surface area contributed by atoms with E-state index in [2.05, 4.69) is 9.88 Å². The fraction of sp³-hybridized carbons (Fsp3) is 0.471. The van der Waals surface area contributed by atoms with Crippen LogP contribution in [0.1, 0.15) is 30.9 Å². The van der Waals surface area contributed by atoms with Crippen LogP contribution >= 0.6 is 0 Å². The molecule has 1 aromatic heterocycles. The highest BCUT2D eigenvalue weighted by atomic mass is 16.6. The van der Waals surface area contributed by atoms with Crippen molar-refractivity contribution in [2.24, 2.45) is 7.05 Å². The van der Waals surface area contributed by atoms with Gasteiger partial charge >= 0.3 is 5.82 Å². The molecule has 0 radical (unpaired) electrons. The van der Waals surface area contributed by atoms with Crippen LogP contribution in [0.3, 0.4) is 0 Å².